The molecule has 1 aromatic carbocycles. The second-order valence-corrected chi connectivity index (χ2v) is 5.12. The van der Waals surface area contributed by atoms with E-state index in [1.54, 1.807) is 12.1 Å². The number of hydrogen-bond acceptors (Lipinski definition) is 1. The topological polar surface area (TPSA) is 12.0 Å². The lowest BCUT2D eigenvalue weighted by Crippen LogP contribution is -2.27. The van der Waals surface area contributed by atoms with Gasteiger partial charge < -0.3 is 5.32 Å². The highest BCUT2D eigenvalue weighted by Crippen LogP contribution is 2.21. The van der Waals surface area contributed by atoms with E-state index in [0.29, 0.717) is 17.5 Å². The summed E-state index contributed by atoms with van der Waals surface area (Å²) in [5, 5.41) is 3.59. The Morgan fingerprint density at radius 3 is 2.71 bits per heavy atom. The van der Waals surface area contributed by atoms with Crippen molar-refractivity contribution >= 4 is 11.6 Å². The van der Waals surface area contributed by atoms with Crippen LogP contribution in [0.3, 0.4) is 0 Å². The molecule has 17 heavy (non-hydrogen) atoms. The van der Waals surface area contributed by atoms with Gasteiger partial charge in [-0.05, 0) is 43.9 Å². The predicted molar refractivity (Wildman–Crippen MR) is 72.0 cm³/mol. The molecule has 0 heterocycles. The lowest BCUT2D eigenvalue weighted by molar-refractivity contribution is 0.421. The Morgan fingerprint density at radius 1 is 1.35 bits per heavy atom. The monoisotopic (exact) mass is 257 g/mol. The Kier molecular flexibility index (Phi) is 5.93. The molecule has 2 unspecified atom stereocenters. The molecule has 0 aliphatic carbocycles. The Labute approximate surface area is 108 Å². The third-order valence-corrected chi connectivity index (χ3v) is 3.20. The van der Waals surface area contributed by atoms with Crippen molar-refractivity contribution in [1.29, 1.82) is 0 Å². The quantitative estimate of drug-likeness (QED) is 0.811. The summed E-state index contributed by atoms with van der Waals surface area (Å²) in [6.07, 6.45) is 1.78. The van der Waals surface area contributed by atoms with E-state index in [2.05, 4.69) is 26.1 Å². The summed E-state index contributed by atoms with van der Waals surface area (Å²) in [5.41, 5.74) is 0.716. The van der Waals surface area contributed by atoms with E-state index in [1.807, 2.05) is 6.07 Å². The minimum atomic E-state index is -0.267. The van der Waals surface area contributed by atoms with Gasteiger partial charge in [0.1, 0.15) is 5.82 Å². The van der Waals surface area contributed by atoms with Gasteiger partial charge >= 0.3 is 0 Å². The molecule has 96 valence electrons. The molecule has 0 fully saturated rings. The molecule has 0 saturated heterocycles. The van der Waals surface area contributed by atoms with Crippen molar-refractivity contribution in [1.82, 2.24) is 5.32 Å². The van der Waals surface area contributed by atoms with Crippen LogP contribution in [-0.4, -0.2) is 12.6 Å². The SMILES string of the molecule is CCNC(C)CC(C)Cc1cccc(Cl)c1F. The first-order valence-electron chi connectivity index (χ1n) is 6.20. The normalized spacial score (nSPS) is 14.6. The highest BCUT2D eigenvalue weighted by atomic mass is 35.5. The standard InChI is InChI=1S/C14H21ClFN/c1-4-17-11(3)8-10(2)9-12-6-5-7-13(15)14(12)16/h5-7,10-11,17H,4,8-9H2,1-3H3. The largest absolute Gasteiger partial charge is 0.315 e. The molecule has 0 bridgehead atoms. The second kappa shape index (κ2) is 6.97. The molecular formula is C14H21ClFN. The molecule has 0 radical (unpaired) electrons. The van der Waals surface area contributed by atoms with Crippen molar-refractivity contribution < 1.29 is 4.39 Å². The number of halogens is 2. The van der Waals surface area contributed by atoms with Crippen LogP contribution in [0.25, 0.3) is 0 Å². The van der Waals surface area contributed by atoms with Gasteiger partial charge in [0.2, 0.25) is 0 Å². The maximum atomic E-state index is 13.7. The van der Waals surface area contributed by atoms with E-state index < -0.39 is 0 Å². The number of nitrogens with one attached hydrogen (secondary N) is 1. The summed E-state index contributed by atoms with van der Waals surface area (Å²) in [4.78, 5) is 0. The molecule has 2 atom stereocenters. The molecule has 0 saturated carbocycles. The number of hydrogen-bond donors (Lipinski definition) is 1. The van der Waals surface area contributed by atoms with Crippen LogP contribution in [0.5, 0.6) is 0 Å². The fraction of sp³-hybridized carbons (Fsp3) is 0.571. The van der Waals surface area contributed by atoms with Gasteiger partial charge in [0.25, 0.3) is 0 Å². The van der Waals surface area contributed by atoms with E-state index in [4.69, 9.17) is 11.6 Å². The lowest BCUT2D eigenvalue weighted by atomic mass is 9.94. The summed E-state index contributed by atoms with van der Waals surface area (Å²) >= 11 is 5.77. The van der Waals surface area contributed by atoms with E-state index in [1.165, 1.54) is 0 Å². The third kappa shape index (κ3) is 4.64. The zero-order chi connectivity index (χ0) is 12.8. The van der Waals surface area contributed by atoms with Crippen molar-refractivity contribution in [2.75, 3.05) is 6.54 Å². The van der Waals surface area contributed by atoms with Crippen molar-refractivity contribution in [2.45, 2.75) is 39.7 Å². The molecular weight excluding hydrogens is 237 g/mol. The minimum Gasteiger partial charge on any atom is -0.315 e. The van der Waals surface area contributed by atoms with E-state index in [9.17, 15) is 4.39 Å². The Morgan fingerprint density at radius 2 is 2.06 bits per heavy atom. The summed E-state index contributed by atoms with van der Waals surface area (Å²) in [6, 6.07) is 5.68. The summed E-state index contributed by atoms with van der Waals surface area (Å²) in [6.45, 7) is 7.37. The first kappa shape index (κ1) is 14.5. The van der Waals surface area contributed by atoms with Gasteiger partial charge in [0.05, 0.1) is 5.02 Å². The first-order valence-corrected chi connectivity index (χ1v) is 6.58. The average Bonchev–Trinajstić information content (AvgIpc) is 2.25. The zero-order valence-electron chi connectivity index (χ0n) is 10.8. The molecule has 0 aliphatic heterocycles. The van der Waals surface area contributed by atoms with E-state index in [0.717, 1.165) is 19.4 Å². The van der Waals surface area contributed by atoms with Crippen LogP contribution in [-0.2, 0) is 6.42 Å². The highest BCUT2D eigenvalue weighted by molar-refractivity contribution is 6.30. The highest BCUT2D eigenvalue weighted by Gasteiger charge is 2.12. The smallest absolute Gasteiger partial charge is 0.144 e. The first-order chi connectivity index (χ1) is 8.04. The number of rotatable bonds is 6. The fourth-order valence-electron chi connectivity index (χ4n) is 2.20. The van der Waals surface area contributed by atoms with Gasteiger partial charge in [-0.15, -0.1) is 0 Å². The van der Waals surface area contributed by atoms with Crippen LogP contribution in [0, 0.1) is 11.7 Å². The van der Waals surface area contributed by atoms with Crippen molar-refractivity contribution in [2.24, 2.45) is 5.92 Å². The van der Waals surface area contributed by atoms with Gasteiger partial charge in [-0.1, -0.05) is 37.6 Å². The van der Waals surface area contributed by atoms with Crippen molar-refractivity contribution in [3.8, 4) is 0 Å². The summed E-state index contributed by atoms with van der Waals surface area (Å²) in [5.74, 6) is 0.175. The Balaban J connectivity index is 2.56. The second-order valence-electron chi connectivity index (χ2n) is 4.72. The van der Waals surface area contributed by atoms with Crippen LogP contribution in [0.2, 0.25) is 5.02 Å². The van der Waals surface area contributed by atoms with Gasteiger partial charge in [0.15, 0.2) is 0 Å². The Bertz CT molecular complexity index is 354. The molecule has 0 aromatic heterocycles. The molecule has 1 nitrogen and oxygen atoms in total. The van der Waals surface area contributed by atoms with Crippen molar-refractivity contribution in [3.63, 3.8) is 0 Å². The van der Waals surface area contributed by atoms with Crippen LogP contribution in [0.15, 0.2) is 18.2 Å². The lowest BCUT2D eigenvalue weighted by Gasteiger charge is -2.18. The fourth-order valence-corrected chi connectivity index (χ4v) is 2.39. The maximum Gasteiger partial charge on any atom is 0.144 e. The summed E-state index contributed by atoms with van der Waals surface area (Å²) < 4.78 is 13.7. The van der Waals surface area contributed by atoms with Crippen molar-refractivity contribution in [3.05, 3.63) is 34.6 Å². The van der Waals surface area contributed by atoms with Crippen LogP contribution >= 0.6 is 11.6 Å². The molecule has 1 aromatic rings. The molecule has 0 aliphatic rings. The van der Waals surface area contributed by atoms with Gasteiger partial charge in [-0.2, -0.15) is 0 Å². The van der Waals surface area contributed by atoms with Gasteiger partial charge in [-0.3, -0.25) is 0 Å². The van der Waals surface area contributed by atoms with Crippen LogP contribution < -0.4 is 5.32 Å². The molecule has 1 rings (SSSR count). The van der Waals surface area contributed by atoms with Gasteiger partial charge in [-0.25, -0.2) is 4.39 Å². The predicted octanol–water partition coefficient (Wildman–Crippen LogP) is 4.05. The van der Waals surface area contributed by atoms with Crippen LogP contribution in [0.4, 0.5) is 4.39 Å². The minimum absolute atomic E-state index is 0.217. The molecule has 3 heteroatoms. The van der Waals surface area contributed by atoms with E-state index in [-0.39, 0.29) is 10.8 Å². The van der Waals surface area contributed by atoms with E-state index >= 15 is 0 Å². The maximum absolute atomic E-state index is 13.7. The van der Waals surface area contributed by atoms with Gasteiger partial charge in [0, 0.05) is 6.04 Å². The van der Waals surface area contributed by atoms with Crippen LogP contribution in [0.1, 0.15) is 32.8 Å². The molecule has 0 spiro atoms. The third-order valence-electron chi connectivity index (χ3n) is 2.91. The molecule has 1 N–H and O–H groups in total. The number of benzene rings is 1. The average molecular weight is 258 g/mol. The Hall–Kier alpha value is -0.600. The molecule has 0 amide bonds. The zero-order valence-corrected chi connectivity index (χ0v) is 11.5. The summed E-state index contributed by atoms with van der Waals surface area (Å²) in [7, 11) is 0.